The maximum Gasteiger partial charge on any atom is 0.130 e. The van der Waals surface area contributed by atoms with E-state index in [-0.39, 0.29) is 5.56 Å². The van der Waals surface area contributed by atoms with Crippen LogP contribution in [-0.2, 0) is 5.60 Å². The molecule has 106 valence electrons. The second-order valence-electron chi connectivity index (χ2n) is 5.47. The van der Waals surface area contributed by atoms with Crippen LogP contribution in [0.15, 0.2) is 30.3 Å². The van der Waals surface area contributed by atoms with Gasteiger partial charge < -0.3 is 5.11 Å². The van der Waals surface area contributed by atoms with Gasteiger partial charge in [0.05, 0.1) is 0 Å². The Hall–Kier alpha value is -1.74. The van der Waals surface area contributed by atoms with Crippen molar-refractivity contribution in [2.45, 2.75) is 33.3 Å². The third kappa shape index (κ3) is 2.46. The smallest absolute Gasteiger partial charge is 0.130 e. The maximum atomic E-state index is 14.2. The van der Waals surface area contributed by atoms with E-state index in [4.69, 9.17) is 0 Å². The van der Waals surface area contributed by atoms with Gasteiger partial charge in [-0.05, 0) is 62.1 Å². The minimum absolute atomic E-state index is 0.186. The number of halogens is 2. The molecule has 0 spiro atoms. The van der Waals surface area contributed by atoms with E-state index in [2.05, 4.69) is 0 Å². The molecular weight excluding hydrogens is 258 g/mol. The Bertz CT molecular complexity index is 637. The van der Waals surface area contributed by atoms with Gasteiger partial charge in [-0.1, -0.05) is 18.2 Å². The predicted molar refractivity (Wildman–Crippen MR) is 75.7 cm³/mol. The van der Waals surface area contributed by atoms with Crippen LogP contribution >= 0.6 is 0 Å². The molecule has 20 heavy (non-hydrogen) atoms. The molecule has 2 aromatic rings. The Morgan fingerprint density at radius 1 is 0.900 bits per heavy atom. The summed E-state index contributed by atoms with van der Waals surface area (Å²) in [5, 5.41) is 10.7. The van der Waals surface area contributed by atoms with Crippen LogP contribution in [0.3, 0.4) is 0 Å². The highest BCUT2D eigenvalue weighted by molar-refractivity contribution is 5.43. The van der Waals surface area contributed by atoms with Crippen molar-refractivity contribution in [3.63, 3.8) is 0 Å². The highest BCUT2D eigenvalue weighted by atomic mass is 19.1. The standard InChI is InChI=1S/C17H18F2O/c1-10-7-12(3)16(15(19)8-10)17(4,20)13-6-5-11(2)14(18)9-13/h5-9,20H,1-4H3. The van der Waals surface area contributed by atoms with E-state index in [1.807, 2.05) is 0 Å². The quantitative estimate of drug-likeness (QED) is 0.873. The van der Waals surface area contributed by atoms with Crippen molar-refractivity contribution in [3.05, 3.63) is 69.8 Å². The predicted octanol–water partition coefficient (Wildman–Crippen LogP) is 4.15. The summed E-state index contributed by atoms with van der Waals surface area (Å²) in [7, 11) is 0. The molecule has 0 fully saturated rings. The van der Waals surface area contributed by atoms with Gasteiger partial charge in [-0.15, -0.1) is 0 Å². The van der Waals surface area contributed by atoms with Gasteiger partial charge in [0.2, 0.25) is 0 Å². The van der Waals surface area contributed by atoms with Gasteiger partial charge in [0.25, 0.3) is 0 Å². The van der Waals surface area contributed by atoms with Crippen molar-refractivity contribution < 1.29 is 13.9 Å². The van der Waals surface area contributed by atoms with Gasteiger partial charge in [-0.25, -0.2) is 8.78 Å². The highest BCUT2D eigenvalue weighted by Gasteiger charge is 2.31. The molecule has 0 aromatic heterocycles. The molecule has 0 saturated carbocycles. The fourth-order valence-corrected chi connectivity index (χ4v) is 2.57. The van der Waals surface area contributed by atoms with E-state index in [1.54, 1.807) is 39.0 Å². The summed E-state index contributed by atoms with van der Waals surface area (Å²) >= 11 is 0. The number of hydrogen-bond donors (Lipinski definition) is 1. The van der Waals surface area contributed by atoms with Crippen LogP contribution in [0, 0.1) is 32.4 Å². The molecule has 0 amide bonds. The van der Waals surface area contributed by atoms with Gasteiger partial charge in [0.15, 0.2) is 0 Å². The minimum atomic E-state index is -1.57. The number of hydrogen-bond acceptors (Lipinski definition) is 1. The van der Waals surface area contributed by atoms with E-state index >= 15 is 0 Å². The molecular formula is C17H18F2O. The number of aryl methyl sites for hydroxylation is 3. The largest absolute Gasteiger partial charge is 0.381 e. The first-order chi connectivity index (χ1) is 9.23. The first-order valence-electron chi connectivity index (χ1n) is 6.49. The van der Waals surface area contributed by atoms with Crippen molar-refractivity contribution in [1.29, 1.82) is 0 Å². The van der Waals surface area contributed by atoms with E-state index < -0.39 is 17.2 Å². The van der Waals surface area contributed by atoms with Gasteiger partial charge in [0.1, 0.15) is 17.2 Å². The average molecular weight is 276 g/mol. The Balaban J connectivity index is 2.63. The molecule has 0 heterocycles. The van der Waals surface area contributed by atoms with E-state index in [0.29, 0.717) is 16.7 Å². The minimum Gasteiger partial charge on any atom is -0.381 e. The van der Waals surface area contributed by atoms with Gasteiger partial charge >= 0.3 is 0 Å². The molecule has 0 bridgehead atoms. The Labute approximate surface area is 117 Å². The lowest BCUT2D eigenvalue weighted by Crippen LogP contribution is -2.26. The Morgan fingerprint density at radius 3 is 2.10 bits per heavy atom. The zero-order chi connectivity index (χ0) is 15.1. The zero-order valence-corrected chi connectivity index (χ0v) is 12.1. The van der Waals surface area contributed by atoms with Crippen LogP contribution in [0.1, 0.15) is 34.7 Å². The summed E-state index contributed by atoms with van der Waals surface area (Å²) in [6.07, 6.45) is 0. The number of aliphatic hydroxyl groups is 1. The van der Waals surface area contributed by atoms with Crippen molar-refractivity contribution in [2.75, 3.05) is 0 Å². The van der Waals surface area contributed by atoms with Gasteiger partial charge in [-0.2, -0.15) is 0 Å². The van der Waals surface area contributed by atoms with Gasteiger partial charge in [-0.3, -0.25) is 0 Å². The zero-order valence-electron chi connectivity index (χ0n) is 12.1. The third-order valence-corrected chi connectivity index (χ3v) is 3.65. The third-order valence-electron chi connectivity index (χ3n) is 3.65. The van der Waals surface area contributed by atoms with Crippen molar-refractivity contribution in [1.82, 2.24) is 0 Å². The van der Waals surface area contributed by atoms with Crippen molar-refractivity contribution in [3.8, 4) is 0 Å². The normalized spacial score (nSPS) is 14.2. The Morgan fingerprint density at radius 2 is 1.55 bits per heavy atom. The van der Waals surface area contributed by atoms with Crippen LogP contribution in [0.2, 0.25) is 0 Å². The summed E-state index contributed by atoms with van der Waals surface area (Å²) in [5.74, 6) is -0.888. The first kappa shape index (κ1) is 14.7. The van der Waals surface area contributed by atoms with Crippen LogP contribution in [-0.4, -0.2) is 5.11 Å². The van der Waals surface area contributed by atoms with Crippen LogP contribution in [0.4, 0.5) is 8.78 Å². The molecule has 1 unspecified atom stereocenters. The molecule has 0 aliphatic rings. The summed E-state index contributed by atoms with van der Waals surface area (Å²) in [6.45, 7) is 6.66. The SMILES string of the molecule is Cc1cc(C)c(C(C)(O)c2ccc(C)c(F)c2)c(F)c1. The molecule has 0 aliphatic carbocycles. The molecule has 1 nitrogen and oxygen atoms in total. The second kappa shape index (κ2) is 4.98. The fraction of sp³-hybridized carbons (Fsp3) is 0.294. The van der Waals surface area contributed by atoms with Crippen LogP contribution in [0.25, 0.3) is 0 Å². The summed E-state index contributed by atoms with van der Waals surface area (Å²) < 4.78 is 27.9. The molecule has 3 heteroatoms. The molecule has 2 aromatic carbocycles. The lowest BCUT2D eigenvalue weighted by Gasteiger charge is -2.27. The van der Waals surface area contributed by atoms with Crippen LogP contribution < -0.4 is 0 Å². The van der Waals surface area contributed by atoms with E-state index in [1.165, 1.54) is 19.1 Å². The molecule has 1 N–H and O–H groups in total. The van der Waals surface area contributed by atoms with Crippen LogP contribution in [0.5, 0.6) is 0 Å². The maximum absolute atomic E-state index is 14.2. The molecule has 0 aliphatic heterocycles. The monoisotopic (exact) mass is 276 g/mol. The van der Waals surface area contributed by atoms with E-state index in [0.717, 1.165) is 5.56 Å². The summed E-state index contributed by atoms with van der Waals surface area (Å²) in [4.78, 5) is 0. The average Bonchev–Trinajstić information content (AvgIpc) is 2.30. The lowest BCUT2D eigenvalue weighted by molar-refractivity contribution is 0.0968. The molecule has 1 atom stereocenters. The van der Waals surface area contributed by atoms with E-state index in [9.17, 15) is 13.9 Å². The highest BCUT2D eigenvalue weighted by Crippen LogP contribution is 2.34. The molecule has 0 saturated heterocycles. The Kier molecular flexibility index (Phi) is 3.65. The first-order valence-corrected chi connectivity index (χ1v) is 6.49. The summed E-state index contributed by atoms with van der Waals surface area (Å²) in [5.41, 5.74) is 0.878. The molecule has 2 rings (SSSR count). The second-order valence-corrected chi connectivity index (χ2v) is 5.47. The lowest BCUT2D eigenvalue weighted by atomic mass is 9.84. The van der Waals surface area contributed by atoms with Crippen molar-refractivity contribution in [2.24, 2.45) is 0 Å². The fourth-order valence-electron chi connectivity index (χ4n) is 2.57. The summed E-state index contributed by atoms with van der Waals surface area (Å²) in [6, 6.07) is 7.64. The number of benzene rings is 2. The van der Waals surface area contributed by atoms with Crippen molar-refractivity contribution >= 4 is 0 Å². The van der Waals surface area contributed by atoms with Gasteiger partial charge in [0, 0.05) is 5.56 Å². The topological polar surface area (TPSA) is 20.2 Å². The number of rotatable bonds is 2. The molecule has 0 radical (unpaired) electrons.